The van der Waals surface area contributed by atoms with Crippen LogP contribution in [0, 0.1) is 0 Å². The van der Waals surface area contributed by atoms with Crippen molar-refractivity contribution >= 4 is 11.9 Å². The molecule has 1 heterocycles. The Kier molecular flexibility index (Phi) is 3.83. The fourth-order valence-electron chi connectivity index (χ4n) is 2.95. The van der Waals surface area contributed by atoms with Gasteiger partial charge in [-0.05, 0) is 37.5 Å². The molecule has 0 spiro atoms. The molecule has 2 aliphatic rings. The van der Waals surface area contributed by atoms with E-state index in [-0.39, 0.29) is 12.6 Å². The van der Waals surface area contributed by atoms with Crippen molar-refractivity contribution in [2.24, 2.45) is 0 Å². The van der Waals surface area contributed by atoms with Crippen molar-refractivity contribution in [2.75, 3.05) is 20.5 Å². The molecular formula is C17H20O4. The van der Waals surface area contributed by atoms with Gasteiger partial charge in [-0.15, -0.1) is 0 Å². The predicted octanol–water partition coefficient (Wildman–Crippen LogP) is 2.99. The van der Waals surface area contributed by atoms with Gasteiger partial charge >= 0.3 is 0 Å². The molecule has 0 bridgehead atoms. The van der Waals surface area contributed by atoms with Crippen LogP contribution in [0.15, 0.2) is 18.2 Å². The van der Waals surface area contributed by atoms with Crippen molar-refractivity contribution in [3.63, 3.8) is 0 Å². The maximum absolute atomic E-state index is 12.2. The van der Waals surface area contributed by atoms with E-state index < -0.39 is 5.60 Å². The van der Waals surface area contributed by atoms with Crippen molar-refractivity contribution in [2.45, 2.75) is 31.8 Å². The average Bonchev–Trinajstić information content (AvgIpc) is 2.47. The van der Waals surface area contributed by atoms with Crippen LogP contribution in [0.25, 0.3) is 6.08 Å². The molecule has 1 aliphatic heterocycles. The lowest BCUT2D eigenvalue weighted by atomic mass is 9.85. The highest BCUT2D eigenvalue weighted by atomic mass is 16.7. The lowest BCUT2D eigenvalue weighted by Crippen LogP contribution is -2.37. The fourth-order valence-corrected chi connectivity index (χ4v) is 2.95. The Balaban J connectivity index is 1.89. The van der Waals surface area contributed by atoms with Crippen LogP contribution in [0.5, 0.6) is 5.75 Å². The Labute approximate surface area is 124 Å². The Hall–Kier alpha value is -1.65. The lowest BCUT2D eigenvalue weighted by Gasteiger charge is -2.33. The molecule has 0 amide bonds. The van der Waals surface area contributed by atoms with Crippen LogP contribution in [0.1, 0.15) is 41.3 Å². The minimum absolute atomic E-state index is 0.223. The van der Waals surface area contributed by atoms with Gasteiger partial charge in [-0.3, -0.25) is 4.79 Å². The number of carbonyl (C=O) groups excluding carboxylic acids is 1. The molecule has 4 heteroatoms. The van der Waals surface area contributed by atoms with Gasteiger partial charge in [0.1, 0.15) is 18.1 Å². The lowest BCUT2D eigenvalue weighted by molar-refractivity contribution is -0.0716. The third-order valence-electron chi connectivity index (χ3n) is 3.96. The topological polar surface area (TPSA) is 44.8 Å². The average molecular weight is 288 g/mol. The third-order valence-corrected chi connectivity index (χ3v) is 3.96. The first kappa shape index (κ1) is 14.3. The second kappa shape index (κ2) is 5.62. The van der Waals surface area contributed by atoms with E-state index in [2.05, 4.69) is 0 Å². The van der Waals surface area contributed by atoms with E-state index in [9.17, 15) is 4.79 Å². The molecule has 4 nitrogen and oxygen atoms in total. The summed E-state index contributed by atoms with van der Waals surface area (Å²) in [6.07, 6.45) is 6.50. The van der Waals surface area contributed by atoms with Crippen LogP contribution >= 0.6 is 0 Å². The van der Waals surface area contributed by atoms with Crippen LogP contribution < -0.4 is 4.74 Å². The number of benzene rings is 1. The van der Waals surface area contributed by atoms with Gasteiger partial charge < -0.3 is 14.2 Å². The monoisotopic (exact) mass is 288 g/mol. The second-order valence-electron chi connectivity index (χ2n) is 5.79. The molecular weight excluding hydrogens is 268 g/mol. The van der Waals surface area contributed by atoms with Crippen LogP contribution in [0.2, 0.25) is 0 Å². The Bertz CT molecular complexity index is 591. The van der Waals surface area contributed by atoms with E-state index in [0.29, 0.717) is 13.0 Å². The van der Waals surface area contributed by atoms with Gasteiger partial charge in [-0.25, -0.2) is 0 Å². The number of rotatable bonds is 4. The van der Waals surface area contributed by atoms with Crippen LogP contribution in [-0.2, 0) is 15.9 Å². The number of methoxy groups -OCH3 is 1. The summed E-state index contributed by atoms with van der Waals surface area (Å²) >= 11 is 0. The minimum atomic E-state index is -0.530. The normalized spacial score (nSPS) is 23.4. The number of fused-ring (bicyclic) bond motifs is 3. The summed E-state index contributed by atoms with van der Waals surface area (Å²) in [6, 6.07) is 3.98. The number of carbonyl (C=O) groups is 1. The van der Waals surface area contributed by atoms with Gasteiger partial charge in [-0.2, -0.15) is 0 Å². The zero-order valence-electron chi connectivity index (χ0n) is 12.5. The molecule has 0 saturated heterocycles. The summed E-state index contributed by atoms with van der Waals surface area (Å²) in [5.74, 6) is 0.982. The molecule has 1 aliphatic carbocycles. The van der Waals surface area contributed by atoms with Crippen molar-refractivity contribution in [1.82, 2.24) is 0 Å². The molecule has 0 unspecified atom stereocenters. The van der Waals surface area contributed by atoms with Gasteiger partial charge in [0.2, 0.25) is 0 Å². The number of ketones is 1. The van der Waals surface area contributed by atoms with E-state index in [1.807, 2.05) is 31.2 Å². The highest BCUT2D eigenvalue weighted by Crippen LogP contribution is 2.37. The van der Waals surface area contributed by atoms with E-state index in [1.165, 1.54) is 0 Å². The molecule has 1 aromatic carbocycles. The number of Topliss-reactive ketones (excluding diaryl/α,β-unsaturated/α-hetero) is 1. The molecule has 0 radical (unpaired) electrons. The molecule has 0 fully saturated rings. The first-order chi connectivity index (χ1) is 10.1. The number of aryl methyl sites for hydroxylation is 1. The summed E-state index contributed by atoms with van der Waals surface area (Å²) in [6.45, 7) is 2.60. The molecule has 1 aromatic rings. The molecule has 112 valence electrons. The highest BCUT2D eigenvalue weighted by molar-refractivity contribution is 6.02. The van der Waals surface area contributed by atoms with Crippen molar-refractivity contribution in [3.8, 4) is 5.75 Å². The highest BCUT2D eigenvalue weighted by Gasteiger charge is 2.31. The Morgan fingerprint density at radius 3 is 3.00 bits per heavy atom. The first-order valence-corrected chi connectivity index (χ1v) is 7.27. The van der Waals surface area contributed by atoms with Gasteiger partial charge in [-0.1, -0.05) is 12.1 Å². The van der Waals surface area contributed by atoms with Crippen molar-refractivity contribution < 1.29 is 19.0 Å². The smallest absolute Gasteiger partial charge is 0.163 e. The summed E-state index contributed by atoms with van der Waals surface area (Å²) in [5.41, 5.74) is 2.37. The van der Waals surface area contributed by atoms with Crippen molar-refractivity contribution in [3.05, 3.63) is 34.9 Å². The largest absolute Gasteiger partial charge is 0.480 e. The molecule has 1 atom stereocenters. The standard InChI is InChI=1S/C17H20O4/c1-17(10-20-11-19-2)9-8-13-15(21-17)7-6-12-4-3-5-14(18)16(12)13/h6-9H,3-5,10-11H2,1-2H3/t17-/m1/s1. The SMILES string of the molecule is COCOC[C@@]1(C)C=Cc2c(ccc3c2C(=O)CCC3)O1. The Morgan fingerprint density at radius 1 is 1.33 bits per heavy atom. The first-order valence-electron chi connectivity index (χ1n) is 7.27. The van der Waals surface area contributed by atoms with Gasteiger partial charge in [0.15, 0.2) is 5.78 Å². The number of hydrogen-bond acceptors (Lipinski definition) is 4. The van der Waals surface area contributed by atoms with Crippen LogP contribution in [-0.4, -0.2) is 31.9 Å². The predicted molar refractivity (Wildman–Crippen MR) is 79.6 cm³/mol. The molecule has 21 heavy (non-hydrogen) atoms. The zero-order chi connectivity index (χ0) is 14.9. The van der Waals surface area contributed by atoms with E-state index in [4.69, 9.17) is 14.2 Å². The van der Waals surface area contributed by atoms with Crippen molar-refractivity contribution in [1.29, 1.82) is 0 Å². The molecule has 0 N–H and O–H groups in total. The van der Waals surface area contributed by atoms with Gasteiger partial charge in [0.05, 0.1) is 6.61 Å². The second-order valence-corrected chi connectivity index (χ2v) is 5.79. The Morgan fingerprint density at radius 2 is 2.19 bits per heavy atom. The molecule has 0 saturated carbocycles. The van der Waals surface area contributed by atoms with Gasteiger partial charge in [0.25, 0.3) is 0 Å². The summed E-state index contributed by atoms with van der Waals surface area (Å²) in [5, 5.41) is 0. The summed E-state index contributed by atoms with van der Waals surface area (Å²) in [7, 11) is 1.59. The third kappa shape index (κ3) is 2.74. The van der Waals surface area contributed by atoms with E-state index >= 15 is 0 Å². The molecule has 3 rings (SSSR count). The minimum Gasteiger partial charge on any atom is -0.480 e. The summed E-state index contributed by atoms with van der Waals surface area (Å²) in [4.78, 5) is 12.2. The van der Waals surface area contributed by atoms with Crippen LogP contribution in [0.4, 0.5) is 0 Å². The summed E-state index contributed by atoms with van der Waals surface area (Å²) < 4.78 is 16.4. The quantitative estimate of drug-likeness (QED) is 0.631. The zero-order valence-corrected chi connectivity index (χ0v) is 12.5. The maximum atomic E-state index is 12.2. The van der Waals surface area contributed by atoms with Gasteiger partial charge in [0, 0.05) is 24.7 Å². The van der Waals surface area contributed by atoms with Crippen LogP contribution in [0.3, 0.4) is 0 Å². The van der Waals surface area contributed by atoms with E-state index in [1.54, 1.807) is 7.11 Å². The number of hydrogen-bond donors (Lipinski definition) is 0. The van der Waals surface area contributed by atoms with E-state index in [0.717, 1.165) is 35.3 Å². The maximum Gasteiger partial charge on any atom is 0.163 e. The molecule has 0 aromatic heterocycles. The fraction of sp³-hybridized carbons (Fsp3) is 0.471. The number of ether oxygens (including phenoxy) is 3.